The van der Waals surface area contributed by atoms with Crippen LogP contribution in [0.25, 0.3) is 11.3 Å². The molecule has 3 aromatic rings. The van der Waals surface area contributed by atoms with Crippen LogP contribution in [0.5, 0.6) is 5.75 Å². The molecule has 4 rings (SSSR count). The number of benzene rings is 2. The van der Waals surface area contributed by atoms with E-state index < -0.39 is 18.5 Å². The molecule has 1 N–H and O–H groups in total. The van der Waals surface area contributed by atoms with Gasteiger partial charge in [-0.3, -0.25) is 14.5 Å². The Morgan fingerprint density at radius 3 is 2.58 bits per heavy atom. The summed E-state index contributed by atoms with van der Waals surface area (Å²) in [7, 11) is 0. The minimum absolute atomic E-state index is 0.0166. The number of hydrogen-bond acceptors (Lipinski definition) is 5. The molecule has 1 fully saturated rings. The summed E-state index contributed by atoms with van der Waals surface area (Å²) in [5.41, 5.74) is 2.01. The van der Waals surface area contributed by atoms with Gasteiger partial charge in [0.2, 0.25) is 5.91 Å². The van der Waals surface area contributed by atoms with Crippen molar-refractivity contribution in [1.29, 1.82) is 0 Å². The molecule has 172 valence electrons. The molecule has 0 radical (unpaired) electrons. The third-order valence-electron chi connectivity index (χ3n) is 5.30. The molecule has 0 spiro atoms. The SMILES string of the molecule is O=C(O)CC(Cc1ccccc1)C(=O)N(c1nc(-c2cccc(OC(F)F)c2)cs1)C1CC1. The van der Waals surface area contributed by atoms with Gasteiger partial charge in [0.1, 0.15) is 5.75 Å². The number of ether oxygens (including phenoxy) is 1. The monoisotopic (exact) mass is 472 g/mol. The van der Waals surface area contributed by atoms with Crippen molar-refractivity contribution in [2.45, 2.75) is 38.3 Å². The Morgan fingerprint density at radius 1 is 1.15 bits per heavy atom. The highest BCUT2D eigenvalue weighted by Gasteiger charge is 2.39. The van der Waals surface area contributed by atoms with Gasteiger partial charge in [0, 0.05) is 17.0 Å². The van der Waals surface area contributed by atoms with Gasteiger partial charge in [0.05, 0.1) is 18.0 Å². The van der Waals surface area contributed by atoms with Crippen LogP contribution in [-0.4, -0.2) is 34.6 Å². The lowest BCUT2D eigenvalue weighted by molar-refractivity contribution is -0.140. The average Bonchev–Trinajstić information content (AvgIpc) is 3.49. The molecule has 1 atom stereocenters. The van der Waals surface area contributed by atoms with Gasteiger partial charge in [0.15, 0.2) is 5.13 Å². The number of anilines is 1. The highest BCUT2D eigenvalue weighted by molar-refractivity contribution is 7.14. The van der Waals surface area contributed by atoms with Crippen LogP contribution in [0, 0.1) is 5.92 Å². The molecule has 9 heteroatoms. The molecule has 1 aliphatic rings. The summed E-state index contributed by atoms with van der Waals surface area (Å²) in [5.74, 6) is -1.99. The van der Waals surface area contributed by atoms with Crippen LogP contribution in [0.2, 0.25) is 0 Å². The third kappa shape index (κ3) is 5.92. The Balaban J connectivity index is 1.59. The van der Waals surface area contributed by atoms with Crippen LogP contribution < -0.4 is 9.64 Å². The van der Waals surface area contributed by atoms with Gasteiger partial charge in [0.25, 0.3) is 0 Å². The van der Waals surface area contributed by atoms with Crippen LogP contribution in [-0.2, 0) is 16.0 Å². The Bertz CT molecular complexity index is 1120. The number of alkyl halides is 2. The van der Waals surface area contributed by atoms with E-state index in [0.29, 0.717) is 22.8 Å². The van der Waals surface area contributed by atoms with Crippen molar-refractivity contribution in [1.82, 2.24) is 4.98 Å². The zero-order chi connectivity index (χ0) is 23.4. The van der Waals surface area contributed by atoms with Crippen molar-refractivity contribution in [2.24, 2.45) is 5.92 Å². The maximum Gasteiger partial charge on any atom is 0.387 e. The molecule has 0 aliphatic heterocycles. The molecule has 1 aromatic heterocycles. The molecular weight excluding hydrogens is 450 g/mol. The second-order valence-corrected chi connectivity index (χ2v) is 8.68. The number of aliphatic carboxylic acids is 1. The zero-order valence-corrected chi connectivity index (χ0v) is 18.4. The number of amides is 1. The molecule has 1 heterocycles. The number of carbonyl (C=O) groups is 2. The molecule has 2 aromatic carbocycles. The number of halogens is 2. The highest BCUT2D eigenvalue weighted by Crippen LogP contribution is 2.37. The fraction of sp³-hybridized carbons (Fsp3) is 0.292. The number of carboxylic acids is 1. The van der Waals surface area contributed by atoms with Gasteiger partial charge in [-0.05, 0) is 37.0 Å². The van der Waals surface area contributed by atoms with Crippen LogP contribution in [0.4, 0.5) is 13.9 Å². The molecule has 33 heavy (non-hydrogen) atoms. The average molecular weight is 473 g/mol. The second kappa shape index (κ2) is 10.1. The lowest BCUT2D eigenvalue weighted by atomic mass is 9.94. The largest absolute Gasteiger partial charge is 0.481 e. The molecule has 0 saturated heterocycles. The molecule has 1 saturated carbocycles. The predicted octanol–water partition coefficient (Wildman–Crippen LogP) is 5.24. The zero-order valence-electron chi connectivity index (χ0n) is 17.6. The van der Waals surface area contributed by atoms with Gasteiger partial charge in [-0.2, -0.15) is 8.78 Å². The van der Waals surface area contributed by atoms with Gasteiger partial charge in [-0.1, -0.05) is 42.5 Å². The Labute approximate surface area is 193 Å². The quantitative estimate of drug-likeness (QED) is 0.437. The number of hydrogen-bond donors (Lipinski definition) is 1. The summed E-state index contributed by atoms with van der Waals surface area (Å²) >= 11 is 1.27. The number of thiazole rings is 1. The summed E-state index contributed by atoms with van der Waals surface area (Å²) in [6.45, 7) is -2.93. The van der Waals surface area contributed by atoms with Crippen molar-refractivity contribution in [3.63, 3.8) is 0 Å². The summed E-state index contributed by atoms with van der Waals surface area (Å²) in [4.78, 5) is 31.2. The van der Waals surface area contributed by atoms with Gasteiger partial charge in [-0.25, -0.2) is 4.98 Å². The van der Waals surface area contributed by atoms with Crippen molar-refractivity contribution >= 4 is 28.3 Å². The summed E-state index contributed by atoms with van der Waals surface area (Å²) in [6.07, 6.45) is 1.69. The van der Waals surface area contributed by atoms with E-state index in [4.69, 9.17) is 0 Å². The van der Waals surface area contributed by atoms with Crippen molar-refractivity contribution in [2.75, 3.05) is 4.90 Å². The predicted molar refractivity (Wildman–Crippen MR) is 121 cm³/mol. The van der Waals surface area contributed by atoms with E-state index >= 15 is 0 Å². The molecular formula is C24H22F2N2O4S. The topological polar surface area (TPSA) is 79.7 Å². The van der Waals surface area contributed by atoms with E-state index in [9.17, 15) is 23.5 Å². The summed E-state index contributed by atoms with van der Waals surface area (Å²) < 4.78 is 29.6. The van der Waals surface area contributed by atoms with Crippen LogP contribution >= 0.6 is 11.3 Å². The van der Waals surface area contributed by atoms with Crippen molar-refractivity contribution in [3.05, 3.63) is 65.5 Å². The van der Waals surface area contributed by atoms with Gasteiger partial charge in [-0.15, -0.1) is 11.3 Å². The smallest absolute Gasteiger partial charge is 0.387 e. The number of nitrogens with zero attached hydrogens (tertiary/aromatic N) is 2. The first-order chi connectivity index (χ1) is 15.9. The lowest BCUT2D eigenvalue weighted by Crippen LogP contribution is -2.39. The second-order valence-electron chi connectivity index (χ2n) is 7.85. The normalized spacial score (nSPS) is 14.2. The van der Waals surface area contributed by atoms with E-state index in [-0.39, 0.29) is 24.1 Å². The first-order valence-corrected chi connectivity index (χ1v) is 11.4. The molecule has 0 bridgehead atoms. The molecule has 6 nitrogen and oxygen atoms in total. The van der Waals surface area contributed by atoms with Crippen LogP contribution in [0.15, 0.2) is 60.0 Å². The minimum Gasteiger partial charge on any atom is -0.481 e. The number of aromatic nitrogens is 1. The summed E-state index contributed by atoms with van der Waals surface area (Å²) in [6, 6.07) is 15.5. The fourth-order valence-electron chi connectivity index (χ4n) is 3.66. The third-order valence-corrected chi connectivity index (χ3v) is 6.14. The number of carboxylic acid groups (broad SMARTS) is 1. The fourth-order valence-corrected chi connectivity index (χ4v) is 4.56. The molecule has 1 aliphatic carbocycles. The Morgan fingerprint density at radius 2 is 1.91 bits per heavy atom. The Kier molecular flexibility index (Phi) is 6.98. The maximum absolute atomic E-state index is 13.5. The van der Waals surface area contributed by atoms with E-state index in [1.807, 2.05) is 30.3 Å². The highest BCUT2D eigenvalue weighted by atomic mass is 32.1. The van der Waals surface area contributed by atoms with Crippen molar-refractivity contribution < 1.29 is 28.2 Å². The van der Waals surface area contributed by atoms with Crippen LogP contribution in [0.3, 0.4) is 0 Å². The molecule has 1 unspecified atom stereocenters. The van der Waals surface area contributed by atoms with E-state index in [0.717, 1.165) is 18.4 Å². The summed E-state index contributed by atoms with van der Waals surface area (Å²) in [5, 5.41) is 11.6. The number of carbonyl (C=O) groups excluding carboxylic acids is 1. The van der Waals surface area contributed by atoms with E-state index in [2.05, 4.69) is 9.72 Å². The van der Waals surface area contributed by atoms with Crippen LogP contribution in [0.1, 0.15) is 24.8 Å². The Hall–Kier alpha value is -3.33. The minimum atomic E-state index is -2.93. The van der Waals surface area contributed by atoms with E-state index in [1.165, 1.54) is 23.5 Å². The first-order valence-electron chi connectivity index (χ1n) is 10.5. The molecule has 1 amide bonds. The van der Waals surface area contributed by atoms with Crippen molar-refractivity contribution in [3.8, 4) is 17.0 Å². The van der Waals surface area contributed by atoms with Gasteiger partial charge < -0.3 is 9.84 Å². The first kappa shape index (κ1) is 22.8. The van der Waals surface area contributed by atoms with Gasteiger partial charge >= 0.3 is 12.6 Å². The number of rotatable bonds is 10. The maximum atomic E-state index is 13.5. The standard InChI is InChI=1S/C24H22F2N2O4S/c25-23(26)32-19-8-4-7-16(12-19)20-14-33-24(27-20)28(18-9-10-18)22(31)17(13-21(29)30)11-15-5-2-1-3-6-15/h1-8,12,14,17-18,23H,9-11,13H2,(H,29,30). The van der Waals surface area contributed by atoms with E-state index in [1.54, 1.807) is 22.4 Å². The lowest BCUT2D eigenvalue weighted by Gasteiger charge is -2.24.